The lowest BCUT2D eigenvalue weighted by Gasteiger charge is -2.23. The number of rotatable bonds is 4. The third kappa shape index (κ3) is 3.36. The van der Waals surface area contributed by atoms with Crippen molar-refractivity contribution in [3.05, 3.63) is 60.2 Å². The van der Waals surface area contributed by atoms with Crippen LogP contribution in [0.25, 0.3) is 0 Å². The van der Waals surface area contributed by atoms with Gasteiger partial charge in [0.25, 0.3) is 0 Å². The van der Waals surface area contributed by atoms with Crippen LogP contribution in [0.15, 0.2) is 54.6 Å². The van der Waals surface area contributed by atoms with Gasteiger partial charge < -0.3 is 15.5 Å². The Labute approximate surface area is 117 Å². The van der Waals surface area contributed by atoms with Crippen LogP contribution in [0.2, 0.25) is 0 Å². The van der Waals surface area contributed by atoms with Gasteiger partial charge in [0.15, 0.2) is 0 Å². The van der Waals surface area contributed by atoms with E-state index in [9.17, 15) is 15.0 Å². The van der Waals surface area contributed by atoms with Crippen LogP contribution in [-0.4, -0.2) is 16.1 Å². The Bertz CT molecular complexity index is 594. The number of phenols is 1. The highest BCUT2D eigenvalue weighted by molar-refractivity contribution is 5.92. The number of carbonyl (C=O) groups is 1. The molecule has 4 heteroatoms. The van der Waals surface area contributed by atoms with Crippen LogP contribution in [0, 0.1) is 0 Å². The normalized spacial score (nSPS) is 13.5. The molecule has 3 N–H and O–H groups in total. The highest BCUT2D eigenvalue weighted by Crippen LogP contribution is 2.26. The third-order valence-electron chi connectivity index (χ3n) is 3.08. The van der Waals surface area contributed by atoms with E-state index in [1.54, 1.807) is 37.3 Å². The molecule has 4 nitrogen and oxygen atoms in total. The fourth-order valence-electron chi connectivity index (χ4n) is 1.99. The molecule has 0 aliphatic heterocycles. The second kappa shape index (κ2) is 5.75. The van der Waals surface area contributed by atoms with Crippen molar-refractivity contribution in [2.45, 2.75) is 18.9 Å². The molecule has 0 aromatic heterocycles. The molecule has 0 fully saturated rings. The van der Waals surface area contributed by atoms with Gasteiger partial charge in [-0.05, 0) is 24.6 Å². The van der Waals surface area contributed by atoms with Crippen molar-refractivity contribution >= 4 is 11.6 Å². The van der Waals surface area contributed by atoms with Gasteiger partial charge in [0.05, 0.1) is 17.7 Å². The average molecular weight is 271 g/mol. The zero-order chi connectivity index (χ0) is 14.6. The minimum atomic E-state index is -1.25. The van der Waals surface area contributed by atoms with E-state index < -0.39 is 5.60 Å². The number of para-hydroxylation sites is 2. The molecule has 0 saturated carbocycles. The quantitative estimate of drug-likeness (QED) is 0.749. The predicted octanol–water partition coefficient (Wildman–Crippen LogP) is 2.63. The molecular formula is C16H17NO3. The van der Waals surface area contributed by atoms with Crippen molar-refractivity contribution in [2.24, 2.45) is 0 Å². The van der Waals surface area contributed by atoms with Crippen LogP contribution >= 0.6 is 0 Å². The van der Waals surface area contributed by atoms with Gasteiger partial charge in [0.2, 0.25) is 5.91 Å². The van der Waals surface area contributed by atoms with Crippen LogP contribution in [0.1, 0.15) is 18.9 Å². The second-order valence-corrected chi connectivity index (χ2v) is 4.88. The molecule has 104 valence electrons. The molecule has 0 spiro atoms. The van der Waals surface area contributed by atoms with Crippen LogP contribution in [-0.2, 0) is 10.4 Å². The fraction of sp³-hybridized carbons (Fsp3) is 0.188. The molecule has 0 aliphatic carbocycles. The molecule has 0 bridgehead atoms. The minimum Gasteiger partial charge on any atom is -0.506 e. The molecule has 1 atom stereocenters. The maximum atomic E-state index is 12.0. The van der Waals surface area contributed by atoms with Gasteiger partial charge in [0, 0.05) is 0 Å². The number of hydrogen-bond acceptors (Lipinski definition) is 3. The van der Waals surface area contributed by atoms with Crippen molar-refractivity contribution < 1.29 is 15.0 Å². The zero-order valence-corrected chi connectivity index (χ0v) is 11.2. The Hall–Kier alpha value is -2.33. The van der Waals surface area contributed by atoms with Gasteiger partial charge in [-0.3, -0.25) is 4.79 Å². The molecule has 1 amide bonds. The summed E-state index contributed by atoms with van der Waals surface area (Å²) in [6.07, 6.45) is -0.0919. The molecule has 2 aromatic carbocycles. The van der Waals surface area contributed by atoms with Crippen molar-refractivity contribution in [2.75, 3.05) is 5.32 Å². The molecule has 2 aromatic rings. The number of nitrogens with one attached hydrogen (secondary N) is 1. The summed E-state index contributed by atoms with van der Waals surface area (Å²) in [6, 6.07) is 15.5. The number of carbonyl (C=O) groups excluding carboxylic acids is 1. The van der Waals surface area contributed by atoms with E-state index in [0.29, 0.717) is 11.3 Å². The number of hydrogen-bond donors (Lipinski definition) is 3. The standard InChI is InChI=1S/C16H17NO3/c1-16(20,12-7-3-2-4-8-12)11-15(19)17-13-9-5-6-10-14(13)18/h2-10,18,20H,11H2,1H3,(H,17,19). The maximum Gasteiger partial charge on any atom is 0.227 e. The molecule has 0 aliphatic rings. The summed E-state index contributed by atoms with van der Waals surface area (Å²) in [6.45, 7) is 1.59. The first kappa shape index (κ1) is 14.1. The largest absolute Gasteiger partial charge is 0.506 e. The summed E-state index contributed by atoms with van der Waals surface area (Å²) >= 11 is 0. The van der Waals surface area contributed by atoms with E-state index in [1.807, 2.05) is 18.2 Å². The molecule has 2 rings (SSSR count). The smallest absolute Gasteiger partial charge is 0.227 e. The molecule has 20 heavy (non-hydrogen) atoms. The molecular weight excluding hydrogens is 254 g/mol. The summed E-state index contributed by atoms with van der Waals surface area (Å²) in [5, 5.41) is 22.6. The van der Waals surface area contributed by atoms with E-state index in [-0.39, 0.29) is 18.1 Å². The lowest BCUT2D eigenvalue weighted by molar-refractivity contribution is -0.120. The number of aromatic hydroxyl groups is 1. The first-order valence-corrected chi connectivity index (χ1v) is 6.35. The third-order valence-corrected chi connectivity index (χ3v) is 3.08. The summed E-state index contributed by atoms with van der Waals surface area (Å²) in [4.78, 5) is 12.0. The van der Waals surface area contributed by atoms with E-state index >= 15 is 0 Å². The topological polar surface area (TPSA) is 69.6 Å². The average Bonchev–Trinajstić information content (AvgIpc) is 2.42. The van der Waals surface area contributed by atoms with Gasteiger partial charge in [0.1, 0.15) is 5.75 Å². The van der Waals surface area contributed by atoms with E-state index in [4.69, 9.17) is 0 Å². The molecule has 0 radical (unpaired) electrons. The van der Waals surface area contributed by atoms with Crippen LogP contribution in [0.5, 0.6) is 5.75 Å². The Morgan fingerprint density at radius 3 is 2.35 bits per heavy atom. The van der Waals surface area contributed by atoms with E-state index in [1.165, 1.54) is 6.07 Å². The predicted molar refractivity (Wildman–Crippen MR) is 77.4 cm³/mol. The van der Waals surface area contributed by atoms with Crippen LogP contribution < -0.4 is 5.32 Å². The maximum absolute atomic E-state index is 12.0. The number of aliphatic hydroxyl groups is 1. The summed E-state index contributed by atoms with van der Waals surface area (Å²) < 4.78 is 0. The van der Waals surface area contributed by atoms with Crippen LogP contribution in [0.4, 0.5) is 5.69 Å². The van der Waals surface area contributed by atoms with Gasteiger partial charge in [-0.15, -0.1) is 0 Å². The van der Waals surface area contributed by atoms with Crippen molar-refractivity contribution in [1.29, 1.82) is 0 Å². The summed E-state index contributed by atoms with van der Waals surface area (Å²) in [5.41, 5.74) is -0.246. The van der Waals surface area contributed by atoms with Gasteiger partial charge >= 0.3 is 0 Å². The first-order chi connectivity index (χ1) is 9.49. The highest BCUT2D eigenvalue weighted by atomic mass is 16.3. The van der Waals surface area contributed by atoms with Gasteiger partial charge in [-0.25, -0.2) is 0 Å². The molecule has 0 saturated heterocycles. The Morgan fingerprint density at radius 2 is 1.70 bits per heavy atom. The Balaban J connectivity index is 2.07. The van der Waals surface area contributed by atoms with Crippen LogP contribution in [0.3, 0.4) is 0 Å². The van der Waals surface area contributed by atoms with Gasteiger partial charge in [-0.1, -0.05) is 42.5 Å². The number of anilines is 1. The first-order valence-electron chi connectivity index (χ1n) is 6.35. The van der Waals surface area contributed by atoms with Crippen molar-refractivity contribution in [3.63, 3.8) is 0 Å². The van der Waals surface area contributed by atoms with E-state index in [0.717, 1.165) is 0 Å². The Morgan fingerprint density at radius 1 is 1.10 bits per heavy atom. The van der Waals surface area contributed by atoms with Crippen molar-refractivity contribution in [3.8, 4) is 5.75 Å². The lowest BCUT2D eigenvalue weighted by Crippen LogP contribution is -2.28. The number of benzene rings is 2. The highest BCUT2D eigenvalue weighted by Gasteiger charge is 2.26. The summed E-state index contributed by atoms with van der Waals surface area (Å²) in [5.74, 6) is -0.361. The molecule has 1 unspecified atom stereocenters. The minimum absolute atomic E-state index is 0.000189. The lowest BCUT2D eigenvalue weighted by atomic mass is 9.92. The zero-order valence-electron chi connectivity index (χ0n) is 11.2. The molecule has 0 heterocycles. The second-order valence-electron chi connectivity index (χ2n) is 4.88. The van der Waals surface area contributed by atoms with Gasteiger partial charge in [-0.2, -0.15) is 0 Å². The monoisotopic (exact) mass is 271 g/mol. The van der Waals surface area contributed by atoms with Crippen molar-refractivity contribution in [1.82, 2.24) is 0 Å². The summed E-state index contributed by atoms with van der Waals surface area (Å²) in [7, 11) is 0. The number of amides is 1. The fourth-order valence-corrected chi connectivity index (χ4v) is 1.99. The number of phenolic OH excluding ortho intramolecular Hbond substituents is 1. The van der Waals surface area contributed by atoms with E-state index in [2.05, 4.69) is 5.32 Å². The Kier molecular flexibility index (Phi) is 4.05. The SMILES string of the molecule is CC(O)(CC(=O)Nc1ccccc1O)c1ccccc1.